The lowest BCUT2D eigenvalue weighted by atomic mass is 10.3. The summed E-state index contributed by atoms with van der Waals surface area (Å²) in [5.41, 5.74) is 0.915. The van der Waals surface area contributed by atoms with Gasteiger partial charge in [0, 0.05) is 0 Å². The molecule has 0 spiro atoms. The van der Waals surface area contributed by atoms with Gasteiger partial charge in [-0.2, -0.15) is 0 Å². The van der Waals surface area contributed by atoms with Crippen LogP contribution in [0.4, 0.5) is 0 Å². The summed E-state index contributed by atoms with van der Waals surface area (Å²) in [5.74, 6) is 0.536. The molecule has 1 heterocycles. The van der Waals surface area contributed by atoms with Crippen molar-refractivity contribution in [3.63, 3.8) is 0 Å². The van der Waals surface area contributed by atoms with Gasteiger partial charge in [-0.05, 0) is 20.8 Å². The Morgan fingerprint density at radius 2 is 2.06 bits per heavy atom. The van der Waals surface area contributed by atoms with Crippen LogP contribution in [0, 0.1) is 6.92 Å². The Hall–Kier alpha value is -0.680. The van der Waals surface area contributed by atoms with Crippen LogP contribution in [-0.4, -0.2) is 28.1 Å². The number of hydrogen-bond donors (Lipinski definition) is 2. The zero-order chi connectivity index (χ0) is 12.7. The maximum absolute atomic E-state index is 9.02. The largest absolute Gasteiger partial charge is 0.476 e. The summed E-state index contributed by atoms with van der Waals surface area (Å²) >= 11 is 4.31. The van der Waals surface area contributed by atoms with E-state index in [1.165, 1.54) is 0 Å². The highest BCUT2D eigenvalue weighted by Crippen LogP contribution is 2.26. The molecule has 0 amide bonds. The van der Waals surface area contributed by atoms with E-state index in [1.54, 1.807) is 4.68 Å². The molecule has 0 radical (unpaired) electrons. The normalized spacial score (nSPS) is 11.7. The molecule has 16 heavy (non-hydrogen) atoms. The molecule has 0 aliphatic rings. The van der Waals surface area contributed by atoms with Crippen LogP contribution in [0.2, 0.25) is 0 Å². The molecule has 0 bridgehead atoms. The predicted octanol–water partition coefficient (Wildman–Crippen LogP) is 2.46. The molecule has 0 saturated heterocycles. The summed E-state index contributed by atoms with van der Waals surface area (Å²) < 4.78 is 7.03. The number of nitrogens with zero attached hydrogens (tertiary/aromatic N) is 2. The second kappa shape index (κ2) is 7.57. The molecule has 0 aliphatic heterocycles. The van der Waals surface area contributed by atoms with Crippen molar-refractivity contribution in [2.45, 2.75) is 45.6 Å². The summed E-state index contributed by atoms with van der Waals surface area (Å²) in [6.45, 7) is 10.3. The molecule has 0 aromatic carbocycles. The Kier molecular flexibility index (Phi) is 7.25. The Labute approximate surface area is 103 Å². The summed E-state index contributed by atoms with van der Waals surface area (Å²) in [4.78, 5) is 0.743. The van der Waals surface area contributed by atoms with Crippen LogP contribution < -0.4 is 4.74 Å². The van der Waals surface area contributed by atoms with Crippen LogP contribution in [0.15, 0.2) is 4.90 Å². The fourth-order valence-corrected chi connectivity index (χ4v) is 1.44. The molecule has 1 N–H and O–H groups in total. The maximum atomic E-state index is 9.02. The van der Waals surface area contributed by atoms with E-state index in [1.807, 2.05) is 34.6 Å². The fraction of sp³-hybridized carbons (Fsp3) is 0.727. The summed E-state index contributed by atoms with van der Waals surface area (Å²) in [5, 5.41) is 13.2. The molecule has 1 aromatic rings. The molecule has 94 valence electrons. The van der Waals surface area contributed by atoms with Crippen molar-refractivity contribution in [2.24, 2.45) is 0 Å². The van der Waals surface area contributed by atoms with Crippen molar-refractivity contribution in [1.82, 2.24) is 9.78 Å². The first-order chi connectivity index (χ1) is 7.61. The van der Waals surface area contributed by atoms with Crippen LogP contribution in [-0.2, 0) is 0 Å². The second-order valence-electron chi connectivity index (χ2n) is 3.15. The Bertz CT molecular complexity index is 313. The predicted molar refractivity (Wildman–Crippen MR) is 68.5 cm³/mol. The van der Waals surface area contributed by atoms with E-state index in [9.17, 15) is 0 Å². The van der Waals surface area contributed by atoms with Gasteiger partial charge in [-0.1, -0.05) is 13.8 Å². The third-order valence-electron chi connectivity index (χ3n) is 2.05. The molecular weight excluding hydrogens is 224 g/mol. The van der Waals surface area contributed by atoms with Gasteiger partial charge in [-0.3, -0.25) is 4.68 Å². The molecule has 4 nitrogen and oxygen atoms in total. The van der Waals surface area contributed by atoms with Crippen LogP contribution in [0.1, 0.15) is 39.4 Å². The average molecular weight is 246 g/mol. The molecule has 0 aliphatic carbocycles. The third-order valence-corrected chi connectivity index (χ3v) is 2.57. The topological polar surface area (TPSA) is 47.3 Å². The Balaban J connectivity index is 0.00000106. The quantitative estimate of drug-likeness (QED) is 0.802. The van der Waals surface area contributed by atoms with Crippen LogP contribution in [0.5, 0.6) is 5.88 Å². The van der Waals surface area contributed by atoms with Gasteiger partial charge < -0.3 is 9.84 Å². The molecule has 1 aromatic heterocycles. The Morgan fingerprint density at radius 1 is 1.50 bits per heavy atom. The molecule has 0 fully saturated rings. The molecule has 0 saturated carbocycles. The highest BCUT2D eigenvalue weighted by molar-refractivity contribution is 7.80. The molecule has 1 atom stereocenters. The minimum atomic E-state index is -0.0462. The van der Waals surface area contributed by atoms with Gasteiger partial charge in [0.05, 0.1) is 29.8 Å². The highest BCUT2D eigenvalue weighted by atomic mass is 32.1. The van der Waals surface area contributed by atoms with Crippen LogP contribution in [0.25, 0.3) is 0 Å². The first kappa shape index (κ1) is 15.3. The number of aliphatic hydroxyl groups is 1. The van der Waals surface area contributed by atoms with Gasteiger partial charge in [0.15, 0.2) is 0 Å². The van der Waals surface area contributed by atoms with E-state index in [4.69, 9.17) is 9.84 Å². The summed E-state index contributed by atoms with van der Waals surface area (Å²) in [6, 6.07) is -0.0462. The number of rotatable bonds is 4. The van der Waals surface area contributed by atoms with Gasteiger partial charge in [0.1, 0.15) is 0 Å². The van der Waals surface area contributed by atoms with Crippen LogP contribution >= 0.6 is 12.6 Å². The second-order valence-corrected chi connectivity index (χ2v) is 3.60. The number of thiol groups is 1. The van der Waals surface area contributed by atoms with Crippen molar-refractivity contribution in [2.75, 3.05) is 13.2 Å². The number of aromatic nitrogens is 2. The van der Waals surface area contributed by atoms with Crippen molar-refractivity contribution in [3.05, 3.63) is 5.69 Å². The van der Waals surface area contributed by atoms with E-state index in [0.717, 1.165) is 10.6 Å². The van der Waals surface area contributed by atoms with E-state index in [2.05, 4.69) is 17.7 Å². The van der Waals surface area contributed by atoms with Crippen molar-refractivity contribution in [1.29, 1.82) is 0 Å². The van der Waals surface area contributed by atoms with Gasteiger partial charge in [-0.25, -0.2) is 0 Å². The first-order valence-corrected chi connectivity index (χ1v) is 6.08. The number of hydrogen-bond acceptors (Lipinski definition) is 4. The minimum absolute atomic E-state index is 0.0462. The summed E-state index contributed by atoms with van der Waals surface area (Å²) in [6.07, 6.45) is 0. The SMILES string of the molecule is CC.CCOc1nn(C(C)CO)c(C)c1S. The third kappa shape index (κ3) is 3.42. The monoisotopic (exact) mass is 246 g/mol. The Morgan fingerprint density at radius 3 is 2.50 bits per heavy atom. The molecular formula is C11H22N2O2S. The van der Waals surface area contributed by atoms with E-state index in [-0.39, 0.29) is 12.6 Å². The lowest BCUT2D eigenvalue weighted by molar-refractivity contribution is 0.224. The average Bonchev–Trinajstić information content (AvgIpc) is 2.60. The van der Waals surface area contributed by atoms with E-state index in [0.29, 0.717) is 12.5 Å². The minimum Gasteiger partial charge on any atom is -0.476 e. The van der Waals surface area contributed by atoms with Crippen LogP contribution in [0.3, 0.4) is 0 Å². The summed E-state index contributed by atoms with van der Waals surface area (Å²) in [7, 11) is 0. The molecule has 1 rings (SSSR count). The van der Waals surface area contributed by atoms with Gasteiger partial charge in [-0.15, -0.1) is 17.7 Å². The molecule has 5 heteroatoms. The maximum Gasteiger partial charge on any atom is 0.246 e. The van der Waals surface area contributed by atoms with E-state index >= 15 is 0 Å². The lowest BCUT2D eigenvalue weighted by Crippen LogP contribution is -2.12. The highest BCUT2D eigenvalue weighted by Gasteiger charge is 2.15. The number of aliphatic hydroxyl groups excluding tert-OH is 1. The van der Waals surface area contributed by atoms with Gasteiger partial charge in [0.25, 0.3) is 0 Å². The zero-order valence-electron chi connectivity index (χ0n) is 10.7. The van der Waals surface area contributed by atoms with Gasteiger partial charge >= 0.3 is 0 Å². The fourth-order valence-electron chi connectivity index (χ4n) is 1.22. The first-order valence-electron chi connectivity index (χ1n) is 5.63. The van der Waals surface area contributed by atoms with E-state index < -0.39 is 0 Å². The smallest absolute Gasteiger partial charge is 0.246 e. The standard InChI is InChI=1S/C9H16N2O2S.C2H6/c1-4-13-9-8(14)7(3)11(10-9)6(2)5-12;1-2/h6,12,14H,4-5H2,1-3H3;1-2H3. The lowest BCUT2D eigenvalue weighted by Gasteiger charge is -2.09. The molecule has 1 unspecified atom stereocenters. The van der Waals surface area contributed by atoms with Crippen molar-refractivity contribution < 1.29 is 9.84 Å². The van der Waals surface area contributed by atoms with Crippen molar-refractivity contribution in [3.8, 4) is 5.88 Å². The zero-order valence-corrected chi connectivity index (χ0v) is 11.6. The van der Waals surface area contributed by atoms with Crippen molar-refractivity contribution >= 4 is 12.6 Å². The number of ether oxygens (including phenoxy) is 1. The van der Waals surface area contributed by atoms with Gasteiger partial charge in [0.2, 0.25) is 5.88 Å².